The first kappa shape index (κ1) is 10.7. The van der Waals surface area contributed by atoms with Crippen LogP contribution in [-0.2, 0) is 4.43 Å². The molecule has 0 aliphatic heterocycles. The van der Waals surface area contributed by atoms with Crippen molar-refractivity contribution in [1.29, 1.82) is 0 Å². The molecule has 0 atom stereocenters. The van der Waals surface area contributed by atoms with Gasteiger partial charge in [-0.05, 0) is 29.2 Å². The Hall–Kier alpha value is -0.830. The lowest BCUT2D eigenvalue weighted by atomic mass is 9.99. The molecule has 0 aliphatic carbocycles. The van der Waals surface area contributed by atoms with Gasteiger partial charge in [0.05, 0.1) is 0 Å². The minimum Gasteiger partial charge on any atom is -0.0812 e. The average Bonchev–Trinajstić information content (AvgIpc) is 2.30. The molecule has 1 heteroatoms. The lowest BCUT2D eigenvalue weighted by Crippen LogP contribution is -1.85. The molecule has 0 fully saturated rings. The van der Waals surface area contributed by atoms with Gasteiger partial charge in [0.25, 0.3) is 0 Å². The molecule has 0 saturated heterocycles. The van der Waals surface area contributed by atoms with Crippen molar-refractivity contribution in [3.05, 3.63) is 59.7 Å². The second-order valence-electron chi connectivity index (χ2n) is 3.65. The Labute approximate surface area is 104 Å². The molecule has 2 aromatic rings. The molecule has 0 bridgehead atoms. The van der Waals surface area contributed by atoms with E-state index in [2.05, 4.69) is 78.0 Å². The molecule has 0 nitrogen and oxygen atoms in total. The van der Waals surface area contributed by atoms with Crippen molar-refractivity contribution in [2.75, 3.05) is 0 Å². The summed E-state index contributed by atoms with van der Waals surface area (Å²) in [6, 6.07) is 17.2. The van der Waals surface area contributed by atoms with E-state index < -0.39 is 0 Å². The van der Waals surface area contributed by atoms with Gasteiger partial charge in [0.2, 0.25) is 0 Å². The highest BCUT2D eigenvalue weighted by Gasteiger charge is 2.01. The van der Waals surface area contributed by atoms with Crippen LogP contribution < -0.4 is 0 Å². The maximum atomic E-state index is 2.40. The molecule has 0 heterocycles. The highest BCUT2D eigenvalue weighted by atomic mass is 127. The zero-order chi connectivity index (χ0) is 10.7. The first-order chi connectivity index (χ1) is 7.31. The predicted molar refractivity (Wildman–Crippen MR) is 74.3 cm³/mol. The SMILES string of the molecule is Cc1cc(CI)ccc1-c1ccccc1. The maximum Gasteiger partial charge on any atom is 0.0247 e. The van der Waals surface area contributed by atoms with Gasteiger partial charge < -0.3 is 0 Å². The predicted octanol–water partition coefficient (Wildman–Crippen LogP) is 4.60. The average molecular weight is 308 g/mol. The zero-order valence-corrected chi connectivity index (χ0v) is 10.9. The molecule has 2 aromatic carbocycles. The Kier molecular flexibility index (Phi) is 3.41. The summed E-state index contributed by atoms with van der Waals surface area (Å²) in [5, 5.41) is 0. The molecule has 0 aliphatic rings. The van der Waals surface area contributed by atoms with E-state index in [4.69, 9.17) is 0 Å². The van der Waals surface area contributed by atoms with Crippen LogP contribution in [0, 0.1) is 6.92 Å². The summed E-state index contributed by atoms with van der Waals surface area (Å²) in [6.45, 7) is 2.18. The second-order valence-corrected chi connectivity index (χ2v) is 4.41. The van der Waals surface area contributed by atoms with Crippen molar-refractivity contribution >= 4 is 22.6 Å². The van der Waals surface area contributed by atoms with E-state index in [9.17, 15) is 0 Å². The monoisotopic (exact) mass is 308 g/mol. The Bertz CT molecular complexity index is 446. The molecular formula is C14H13I. The summed E-state index contributed by atoms with van der Waals surface area (Å²) in [4.78, 5) is 0. The highest BCUT2D eigenvalue weighted by Crippen LogP contribution is 2.24. The van der Waals surface area contributed by atoms with E-state index in [0.29, 0.717) is 0 Å². The van der Waals surface area contributed by atoms with Crippen molar-refractivity contribution in [3.63, 3.8) is 0 Å². The fraction of sp³-hybridized carbons (Fsp3) is 0.143. The van der Waals surface area contributed by atoms with Crippen molar-refractivity contribution in [1.82, 2.24) is 0 Å². The summed E-state index contributed by atoms with van der Waals surface area (Å²) < 4.78 is 1.08. The first-order valence-corrected chi connectivity index (χ1v) is 6.55. The van der Waals surface area contributed by atoms with Crippen LogP contribution in [0.1, 0.15) is 11.1 Å². The number of hydrogen-bond donors (Lipinski definition) is 0. The van der Waals surface area contributed by atoms with E-state index in [-0.39, 0.29) is 0 Å². The summed E-state index contributed by atoms with van der Waals surface area (Å²) >= 11 is 2.40. The van der Waals surface area contributed by atoms with E-state index >= 15 is 0 Å². The molecular weight excluding hydrogens is 295 g/mol. The van der Waals surface area contributed by atoms with Crippen molar-refractivity contribution in [2.45, 2.75) is 11.4 Å². The number of hydrogen-bond acceptors (Lipinski definition) is 0. The van der Waals surface area contributed by atoms with Crippen LogP contribution >= 0.6 is 22.6 Å². The van der Waals surface area contributed by atoms with Crippen molar-refractivity contribution < 1.29 is 0 Å². The van der Waals surface area contributed by atoms with Crippen molar-refractivity contribution in [2.24, 2.45) is 0 Å². The van der Waals surface area contributed by atoms with Crippen LogP contribution in [0.15, 0.2) is 48.5 Å². The number of aryl methyl sites for hydroxylation is 1. The van der Waals surface area contributed by atoms with Crippen LogP contribution in [-0.4, -0.2) is 0 Å². The van der Waals surface area contributed by atoms with Crippen LogP contribution in [0.25, 0.3) is 11.1 Å². The van der Waals surface area contributed by atoms with E-state index in [1.807, 2.05) is 0 Å². The standard InChI is InChI=1S/C14H13I/c1-11-9-12(10-15)7-8-14(11)13-5-3-2-4-6-13/h2-9H,10H2,1H3. The molecule has 0 unspecified atom stereocenters. The van der Waals surface area contributed by atoms with Gasteiger partial charge in [-0.15, -0.1) is 0 Å². The molecule has 76 valence electrons. The van der Waals surface area contributed by atoms with Crippen LogP contribution in [0.2, 0.25) is 0 Å². The summed E-state index contributed by atoms with van der Waals surface area (Å²) in [5.74, 6) is 0. The first-order valence-electron chi connectivity index (χ1n) is 5.02. The smallest absolute Gasteiger partial charge is 0.0247 e. The molecule has 0 N–H and O–H groups in total. The third kappa shape index (κ3) is 2.40. The highest BCUT2D eigenvalue weighted by molar-refractivity contribution is 14.1. The summed E-state index contributed by atoms with van der Waals surface area (Å²) in [7, 11) is 0. The van der Waals surface area contributed by atoms with Crippen LogP contribution in [0.5, 0.6) is 0 Å². The minimum absolute atomic E-state index is 1.08. The lowest BCUT2D eigenvalue weighted by Gasteiger charge is -2.07. The largest absolute Gasteiger partial charge is 0.0812 e. The zero-order valence-electron chi connectivity index (χ0n) is 8.70. The van der Waals surface area contributed by atoms with Gasteiger partial charge in [-0.1, -0.05) is 71.1 Å². The van der Waals surface area contributed by atoms with Gasteiger partial charge in [0, 0.05) is 4.43 Å². The van der Waals surface area contributed by atoms with Gasteiger partial charge in [0.15, 0.2) is 0 Å². The Balaban J connectivity index is 2.46. The number of benzene rings is 2. The van der Waals surface area contributed by atoms with E-state index in [1.54, 1.807) is 0 Å². The summed E-state index contributed by atoms with van der Waals surface area (Å²) in [5.41, 5.74) is 5.39. The molecule has 0 aromatic heterocycles. The third-order valence-electron chi connectivity index (χ3n) is 2.53. The van der Waals surface area contributed by atoms with Crippen molar-refractivity contribution in [3.8, 4) is 11.1 Å². The van der Waals surface area contributed by atoms with Gasteiger partial charge >= 0.3 is 0 Å². The second kappa shape index (κ2) is 4.79. The topological polar surface area (TPSA) is 0 Å². The van der Waals surface area contributed by atoms with Gasteiger partial charge in [-0.3, -0.25) is 0 Å². The number of halogens is 1. The quantitative estimate of drug-likeness (QED) is 0.562. The Morgan fingerprint density at radius 1 is 1.00 bits per heavy atom. The third-order valence-corrected chi connectivity index (χ3v) is 3.41. The van der Waals surface area contributed by atoms with Gasteiger partial charge in [-0.2, -0.15) is 0 Å². The van der Waals surface area contributed by atoms with E-state index in [1.165, 1.54) is 22.3 Å². The maximum absolute atomic E-state index is 2.40. The summed E-state index contributed by atoms with van der Waals surface area (Å²) in [6.07, 6.45) is 0. The number of rotatable bonds is 2. The fourth-order valence-corrected chi connectivity index (χ4v) is 2.22. The molecule has 0 spiro atoms. The normalized spacial score (nSPS) is 10.3. The van der Waals surface area contributed by atoms with E-state index in [0.717, 1.165) is 4.43 Å². The fourth-order valence-electron chi connectivity index (χ4n) is 1.75. The molecule has 0 saturated carbocycles. The lowest BCUT2D eigenvalue weighted by molar-refractivity contribution is 1.37. The molecule has 0 radical (unpaired) electrons. The minimum atomic E-state index is 1.08. The van der Waals surface area contributed by atoms with Crippen LogP contribution in [0.3, 0.4) is 0 Å². The number of alkyl halides is 1. The molecule has 0 amide bonds. The van der Waals surface area contributed by atoms with Gasteiger partial charge in [-0.25, -0.2) is 0 Å². The molecule has 2 rings (SSSR count). The molecule has 15 heavy (non-hydrogen) atoms. The Morgan fingerprint density at radius 2 is 1.73 bits per heavy atom. The van der Waals surface area contributed by atoms with Gasteiger partial charge in [0.1, 0.15) is 0 Å². The Morgan fingerprint density at radius 3 is 2.33 bits per heavy atom. The van der Waals surface area contributed by atoms with Crippen LogP contribution in [0.4, 0.5) is 0 Å².